The highest BCUT2D eigenvalue weighted by atomic mass is 31.1. The molecule has 1 aliphatic carbocycles. The summed E-state index contributed by atoms with van der Waals surface area (Å²) in [5.74, 6) is 1.41. The normalized spacial score (nSPS) is 14.7. The fourth-order valence-corrected chi connectivity index (χ4v) is 7.83. The number of hydrogen-bond acceptors (Lipinski definition) is 1. The van der Waals surface area contributed by atoms with Crippen LogP contribution in [-0.2, 0) is 0 Å². The molecule has 0 bridgehead atoms. The zero-order chi connectivity index (χ0) is 24.5. The molecule has 1 nitrogen and oxygen atoms in total. The highest BCUT2D eigenvalue weighted by Crippen LogP contribution is 2.41. The van der Waals surface area contributed by atoms with Crippen LogP contribution in [0, 0.1) is 5.92 Å². The monoisotopic (exact) mass is 484 g/mol. The molecular formula is C34H29OP. The van der Waals surface area contributed by atoms with E-state index in [4.69, 9.17) is 4.74 Å². The van der Waals surface area contributed by atoms with Crippen molar-refractivity contribution in [3.8, 4) is 16.9 Å². The molecule has 0 saturated carbocycles. The second-order valence-electron chi connectivity index (χ2n) is 9.42. The number of ether oxygens (including phenoxy) is 1. The third-order valence-electron chi connectivity index (χ3n) is 7.05. The molecule has 0 saturated heterocycles. The van der Waals surface area contributed by atoms with Crippen molar-refractivity contribution >= 4 is 46.8 Å². The van der Waals surface area contributed by atoms with Crippen LogP contribution in [0.4, 0.5) is 0 Å². The molecule has 176 valence electrons. The largest absolute Gasteiger partial charge is 0.496 e. The molecule has 0 fully saturated rings. The number of rotatable bonds is 5. The summed E-state index contributed by atoms with van der Waals surface area (Å²) in [4.78, 5) is 0. The fraction of sp³-hybridized carbons (Fsp3) is 0.118. The molecule has 5 aromatic rings. The molecule has 0 unspecified atom stereocenters. The minimum Gasteiger partial charge on any atom is -0.496 e. The van der Waals surface area contributed by atoms with E-state index in [0.717, 1.165) is 12.2 Å². The molecule has 1 atom stereocenters. The van der Waals surface area contributed by atoms with Gasteiger partial charge in [-0.15, -0.1) is 0 Å². The Labute approximate surface area is 214 Å². The van der Waals surface area contributed by atoms with Gasteiger partial charge in [-0.1, -0.05) is 122 Å². The Bertz CT molecular complexity index is 1620. The lowest BCUT2D eigenvalue weighted by Crippen LogP contribution is -2.36. The lowest BCUT2D eigenvalue weighted by Gasteiger charge is -2.25. The average molecular weight is 485 g/mol. The molecule has 2 heteroatoms. The lowest BCUT2D eigenvalue weighted by atomic mass is 9.90. The summed E-state index contributed by atoms with van der Waals surface area (Å²) in [6.45, 7) is 2.31. The first-order valence-corrected chi connectivity index (χ1v) is 13.9. The smallest absolute Gasteiger partial charge is 0.127 e. The van der Waals surface area contributed by atoms with Crippen molar-refractivity contribution in [1.29, 1.82) is 0 Å². The van der Waals surface area contributed by atoms with Gasteiger partial charge in [-0.3, -0.25) is 0 Å². The summed E-state index contributed by atoms with van der Waals surface area (Å²) >= 11 is 0. The maximum Gasteiger partial charge on any atom is 0.127 e. The van der Waals surface area contributed by atoms with E-state index in [1.165, 1.54) is 48.3 Å². The number of fused-ring (bicyclic) bond motifs is 2. The van der Waals surface area contributed by atoms with Crippen LogP contribution in [0.5, 0.6) is 5.75 Å². The predicted molar refractivity (Wildman–Crippen MR) is 157 cm³/mol. The van der Waals surface area contributed by atoms with Gasteiger partial charge in [0.1, 0.15) is 5.75 Å². The van der Waals surface area contributed by atoms with Crippen LogP contribution in [0.25, 0.3) is 34.1 Å². The molecule has 6 rings (SSSR count). The van der Waals surface area contributed by atoms with Crippen LogP contribution in [0.2, 0.25) is 0 Å². The quantitative estimate of drug-likeness (QED) is 0.283. The summed E-state index contributed by atoms with van der Waals surface area (Å²) in [5, 5.41) is 9.19. The number of hydrogen-bond donors (Lipinski definition) is 0. The van der Waals surface area contributed by atoms with E-state index in [1.54, 1.807) is 7.11 Å². The highest BCUT2D eigenvalue weighted by molar-refractivity contribution is 7.80. The minimum atomic E-state index is -0.782. The molecule has 0 N–H and O–H groups in total. The highest BCUT2D eigenvalue weighted by Gasteiger charge is 2.24. The summed E-state index contributed by atoms with van der Waals surface area (Å²) in [6.07, 6.45) is 5.95. The summed E-state index contributed by atoms with van der Waals surface area (Å²) < 4.78 is 6.05. The predicted octanol–water partition coefficient (Wildman–Crippen LogP) is 5.87. The Balaban J connectivity index is 1.78. The van der Waals surface area contributed by atoms with Crippen LogP contribution < -0.4 is 31.1 Å². The van der Waals surface area contributed by atoms with Crippen molar-refractivity contribution in [1.82, 2.24) is 0 Å². The van der Waals surface area contributed by atoms with Crippen molar-refractivity contribution in [2.75, 3.05) is 7.11 Å². The maximum absolute atomic E-state index is 6.05. The molecule has 0 amide bonds. The molecule has 1 aliphatic rings. The summed E-state index contributed by atoms with van der Waals surface area (Å²) in [5.41, 5.74) is 2.50. The second kappa shape index (κ2) is 9.76. The van der Waals surface area contributed by atoms with E-state index in [2.05, 4.69) is 128 Å². The molecule has 0 radical (unpaired) electrons. The van der Waals surface area contributed by atoms with E-state index in [9.17, 15) is 0 Å². The minimum absolute atomic E-state index is 0.493. The van der Waals surface area contributed by atoms with Gasteiger partial charge < -0.3 is 4.74 Å². The van der Waals surface area contributed by atoms with Gasteiger partial charge in [-0.05, 0) is 63.5 Å². The maximum atomic E-state index is 6.05. The van der Waals surface area contributed by atoms with E-state index >= 15 is 0 Å². The van der Waals surface area contributed by atoms with Crippen molar-refractivity contribution in [3.05, 3.63) is 120 Å². The van der Waals surface area contributed by atoms with Crippen molar-refractivity contribution < 1.29 is 4.74 Å². The van der Waals surface area contributed by atoms with E-state index in [-0.39, 0.29) is 0 Å². The first kappa shape index (κ1) is 22.8. The Hall–Kier alpha value is -3.67. The lowest BCUT2D eigenvalue weighted by molar-refractivity contribution is 0.417. The Kier molecular flexibility index (Phi) is 6.18. The van der Waals surface area contributed by atoms with Gasteiger partial charge in [0.25, 0.3) is 0 Å². The van der Waals surface area contributed by atoms with Crippen LogP contribution in [0.3, 0.4) is 0 Å². The molecule has 0 spiro atoms. The van der Waals surface area contributed by atoms with Crippen LogP contribution in [0.1, 0.15) is 13.3 Å². The van der Waals surface area contributed by atoms with E-state index in [1.807, 2.05) is 0 Å². The van der Waals surface area contributed by atoms with Gasteiger partial charge in [0.2, 0.25) is 0 Å². The first-order valence-electron chi connectivity index (χ1n) is 12.6. The van der Waals surface area contributed by atoms with E-state index in [0.29, 0.717) is 5.92 Å². The first-order chi connectivity index (χ1) is 17.7. The van der Waals surface area contributed by atoms with Gasteiger partial charge in [0.15, 0.2) is 0 Å². The standard InChI is InChI=1S/C34H29OP/c1-24-17-18-26-20-22-32(36(27-12-5-3-6-13-27)28-14-7-4-8-15-28)34(30(26)23-24)33-29-16-10-9-11-25(29)19-21-31(33)35-2/h3-16,18-24H,17H2,1-2H3/t24-/m1/s1. The van der Waals surface area contributed by atoms with Crippen molar-refractivity contribution in [2.45, 2.75) is 13.3 Å². The van der Waals surface area contributed by atoms with Gasteiger partial charge >= 0.3 is 0 Å². The molecular weight excluding hydrogens is 455 g/mol. The molecule has 36 heavy (non-hydrogen) atoms. The van der Waals surface area contributed by atoms with Gasteiger partial charge in [-0.2, -0.15) is 0 Å². The summed E-state index contributed by atoms with van der Waals surface area (Å²) in [6, 6.07) is 39.6. The molecule has 0 heterocycles. The molecule has 0 aliphatic heterocycles. The van der Waals surface area contributed by atoms with Crippen LogP contribution in [-0.4, -0.2) is 7.11 Å². The Morgan fingerprint density at radius 3 is 2.06 bits per heavy atom. The third kappa shape index (κ3) is 4.04. The van der Waals surface area contributed by atoms with Crippen molar-refractivity contribution in [2.24, 2.45) is 5.92 Å². The van der Waals surface area contributed by atoms with E-state index < -0.39 is 7.92 Å². The number of methoxy groups -OCH3 is 1. The van der Waals surface area contributed by atoms with Gasteiger partial charge in [0.05, 0.1) is 7.11 Å². The average Bonchev–Trinajstić information content (AvgIpc) is 2.94. The van der Waals surface area contributed by atoms with Crippen molar-refractivity contribution in [3.63, 3.8) is 0 Å². The second-order valence-corrected chi connectivity index (χ2v) is 11.6. The zero-order valence-electron chi connectivity index (χ0n) is 20.7. The third-order valence-corrected chi connectivity index (χ3v) is 9.53. The molecule has 5 aromatic carbocycles. The fourth-order valence-electron chi connectivity index (χ4n) is 5.36. The molecule has 0 aromatic heterocycles. The van der Waals surface area contributed by atoms with Crippen LogP contribution in [0.15, 0.2) is 109 Å². The Morgan fingerprint density at radius 2 is 1.36 bits per heavy atom. The Morgan fingerprint density at radius 1 is 0.694 bits per heavy atom. The number of benzene rings is 5. The topological polar surface area (TPSA) is 9.23 Å². The van der Waals surface area contributed by atoms with Crippen LogP contribution >= 0.6 is 7.92 Å². The van der Waals surface area contributed by atoms with Gasteiger partial charge in [0, 0.05) is 11.1 Å². The summed E-state index contributed by atoms with van der Waals surface area (Å²) in [7, 11) is 1.01. The van der Waals surface area contributed by atoms with Gasteiger partial charge in [-0.25, -0.2) is 0 Å². The SMILES string of the molecule is COc1ccc2ccccc2c1-c1c(P(c2ccccc2)c2ccccc2)ccc2c1=C[C@H](C)CC=2. The zero-order valence-corrected chi connectivity index (χ0v) is 21.6.